The van der Waals surface area contributed by atoms with Crippen molar-refractivity contribution in [1.82, 2.24) is 0 Å². The molecule has 4 nitrogen and oxygen atoms in total. The van der Waals surface area contributed by atoms with Crippen LogP contribution in [0.15, 0.2) is 0 Å². The van der Waals surface area contributed by atoms with Crippen molar-refractivity contribution >= 4 is 5.97 Å². The minimum Gasteiger partial charge on any atom is -0.458 e. The number of carbonyl (C=O) groups excluding carboxylic acids is 1. The van der Waals surface area contributed by atoms with E-state index in [4.69, 9.17) is 14.2 Å². The second-order valence-electron chi connectivity index (χ2n) is 4.38. The fraction of sp³-hybridized carbons (Fsp3) is 0.900. The number of hydrogen-bond donors (Lipinski definition) is 0. The van der Waals surface area contributed by atoms with Gasteiger partial charge < -0.3 is 14.2 Å². The topological polar surface area (TPSA) is 44.8 Å². The normalized spacial score (nSPS) is 22.4. The summed E-state index contributed by atoms with van der Waals surface area (Å²) in [4.78, 5) is 11.2. The molecule has 0 aromatic carbocycles. The van der Waals surface area contributed by atoms with Crippen molar-refractivity contribution in [2.75, 3.05) is 19.8 Å². The summed E-state index contributed by atoms with van der Waals surface area (Å²) in [7, 11) is 0. The molecule has 1 rings (SSSR count). The second kappa shape index (κ2) is 4.75. The summed E-state index contributed by atoms with van der Waals surface area (Å²) in [5, 5.41) is 0. The molecule has 0 radical (unpaired) electrons. The van der Waals surface area contributed by atoms with E-state index in [1.54, 1.807) is 0 Å². The third-order valence-electron chi connectivity index (χ3n) is 1.74. The predicted molar refractivity (Wildman–Crippen MR) is 51.0 cm³/mol. The van der Waals surface area contributed by atoms with Crippen LogP contribution in [-0.2, 0) is 19.0 Å². The van der Waals surface area contributed by atoms with Crippen LogP contribution in [0.5, 0.6) is 0 Å². The van der Waals surface area contributed by atoms with Gasteiger partial charge in [-0.15, -0.1) is 0 Å². The molecule has 0 saturated carbocycles. The van der Waals surface area contributed by atoms with Crippen molar-refractivity contribution in [2.45, 2.75) is 38.9 Å². The van der Waals surface area contributed by atoms with E-state index in [-0.39, 0.29) is 18.7 Å². The molecule has 1 unspecified atom stereocenters. The highest BCUT2D eigenvalue weighted by Crippen LogP contribution is 2.10. The van der Waals surface area contributed by atoms with E-state index in [2.05, 4.69) is 0 Å². The Morgan fingerprint density at radius 2 is 2.21 bits per heavy atom. The lowest BCUT2D eigenvalue weighted by Crippen LogP contribution is -2.28. The Morgan fingerprint density at radius 1 is 1.50 bits per heavy atom. The van der Waals surface area contributed by atoms with Crippen LogP contribution in [0.4, 0.5) is 0 Å². The van der Waals surface area contributed by atoms with Gasteiger partial charge in [-0.25, -0.2) is 4.79 Å². The third-order valence-corrected chi connectivity index (χ3v) is 1.74. The maximum absolute atomic E-state index is 11.2. The van der Waals surface area contributed by atoms with E-state index in [0.717, 1.165) is 13.0 Å². The number of carbonyl (C=O) groups is 1. The zero-order valence-electron chi connectivity index (χ0n) is 9.04. The van der Waals surface area contributed by atoms with Crippen molar-refractivity contribution in [1.29, 1.82) is 0 Å². The van der Waals surface area contributed by atoms with Crippen LogP contribution in [0, 0.1) is 0 Å². The van der Waals surface area contributed by atoms with Crippen LogP contribution in [0.3, 0.4) is 0 Å². The Morgan fingerprint density at radius 3 is 2.71 bits per heavy atom. The highest BCUT2D eigenvalue weighted by atomic mass is 16.6. The lowest BCUT2D eigenvalue weighted by Gasteiger charge is -2.20. The van der Waals surface area contributed by atoms with Gasteiger partial charge in [-0.3, -0.25) is 0 Å². The smallest absolute Gasteiger partial charge is 0.332 e. The summed E-state index contributed by atoms with van der Waals surface area (Å²) in [6.07, 6.45) is 0.922. The molecule has 1 saturated heterocycles. The lowest BCUT2D eigenvalue weighted by atomic mass is 10.2. The minimum atomic E-state index is -0.438. The first kappa shape index (κ1) is 11.5. The summed E-state index contributed by atoms with van der Waals surface area (Å²) >= 11 is 0. The van der Waals surface area contributed by atoms with Gasteiger partial charge in [0, 0.05) is 6.61 Å². The Balaban J connectivity index is 2.14. The highest BCUT2D eigenvalue weighted by molar-refractivity contribution is 5.71. The zero-order valence-corrected chi connectivity index (χ0v) is 9.04. The quantitative estimate of drug-likeness (QED) is 0.644. The standard InChI is InChI=1S/C10H18O4/c1-10(2,3)14-9(11)7-13-8-4-5-12-6-8/h8H,4-7H2,1-3H3. The molecule has 0 amide bonds. The largest absolute Gasteiger partial charge is 0.458 e. The van der Waals surface area contributed by atoms with Gasteiger partial charge in [0.2, 0.25) is 0 Å². The Kier molecular flexibility index (Phi) is 3.89. The van der Waals surface area contributed by atoms with Gasteiger partial charge >= 0.3 is 5.97 Å². The van der Waals surface area contributed by atoms with Crippen LogP contribution < -0.4 is 0 Å². The fourth-order valence-electron chi connectivity index (χ4n) is 1.20. The van der Waals surface area contributed by atoms with Crippen molar-refractivity contribution in [3.05, 3.63) is 0 Å². The predicted octanol–water partition coefficient (Wildman–Crippen LogP) is 1.13. The summed E-state index contributed by atoms with van der Waals surface area (Å²) in [5.41, 5.74) is -0.438. The molecule has 14 heavy (non-hydrogen) atoms. The van der Waals surface area contributed by atoms with Crippen LogP contribution in [-0.4, -0.2) is 37.5 Å². The van der Waals surface area contributed by atoms with Gasteiger partial charge in [-0.2, -0.15) is 0 Å². The van der Waals surface area contributed by atoms with E-state index in [0.29, 0.717) is 6.61 Å². The van der Waals surface area contributed by atoms with Gasteiger partial charge in [-0.05, 0) is 27.2 Å². The molecule has 0 bridgehead atoms. The molecule has 1 heterocycles. The molecule has 0 N–H and O–H groups in total. The summed E-state index contributed by atoms with van der Waals surface area (Å²) in [6.45, 7) is 6.84. The maximum atomic E-state index is 11.2. The van der Waals surface area contributed by atoms with E-state index in [1.807, 2.05) is 20.8 Å². The highest BCUT2D eigenvalue weighted by Gasteiger charge is 2.20. The average Bonchev–Trinajstić information content (AvgIpc) is 2.49. The molecule has 0 spiro atoms. The van der Waals surface area contributed by atoms with Crippen LogP contribution in [0.2, 0.25) is 0 Å². The average molecular weight is 202 g/mol. The number of esters is 1. The van der Waals surface area contributed by atoms with Crippen molar-refractivity contribution in [3.63, 3.8) is 0 Å². The van der Waals surface area contributed by atoms with Crippen LogP contribution >= 0.6 is 0 Å². The van der Waals surface area contributed by atoms with Gasteiger partial charge in [0.1, 0.15) is 12.2 Å². The molecular weight excluding hydrogens is 184 g/mol. The molecule has 0 aromatic rings. The number of rotatable bonds is 3. The van der Waals surface area contributed by atoms with Crippen molar-refractivity contribution in [3.8, 4) is 0 Å². The summed E-state index contributed by atoms with van der Waals surface area (Å²) in [6, 6.07) is 0. The second-order valence-corrected chi connectivity index (χ2v) is 4.38. The molecule has 1 aliphatic rings. The zero-order chi connectivity index (χ0) is 10.6. The molecule has 0 aromatic heterocycles. The first-order valence-corrected chi connectivity index (χ1v) is 4.88. The molecule has 1 fully saturated rings. The Labute approximate surface area is 84.5 Å². The third kappa shape index (κ3) is 4.58. The van der Waals surface area contributed by atoms with Gasteiger partial charge in [0.25, 0.3) is 0 Å². The monoisotopic (exact) mass is 202 g/mol. The van der Waals surface area contributed by atoms with Crippen molar-refractivity contribution < 1.29 is 19.0 Å². The van der Waals surface area contributed by atoms with Gasteiger partial charge in [-0.1, -0.05) is 0 Å². The SMILES string of the molecule is CC(C)(C)OC(=O)COC1CCOC1. The van der Waals surface area contributed by atoms with Gasteiger partial charge in [0.15, 0.2) is 0 Å². The van der Waals surface area contributed by atoms with E-state index in [1.165, 1.54) is 0 Å². The summed E-state index contributed by atoms with van der Waals surface area (Å²) < 4.78 is 15.5. The number of hydrogen-bond acceptors (Lipinski definition) is 4. The van der Waals surface area contributed by atoms with Crippen molar-refractivity contribution in [2.24, 2.45) is 0 Å². The molecule has 4 heteroatoms. The lowest BCUT2D eigenvalue weighted by molar-refractivity contribution is -0.162. The molecule has 0 aliphatic carbocycles. The molecule has 1 atom stereocenters. The minimum absolute atomic E-state index is 0.0191. The van der Waals surface area contributed by atoms with Gasteiger partial charge in [0.05, 0.1) is 12.7 Å². The number of ether oxygens (including phenoxy) is 3. The van der Waals surface area contributed by atoms with E-state index >= 15 is 0 Å². The van der Waals surface area contributed by atoms with Crippen LogP contribution in [0.25, 0.3) is 0 Å². The van der Waals surface area contributed by atoms with Crippen LogP contribution in [0.1, 0.15) is 27.2 Å². The Bertz CT molecular complexity index is 189. The van der Waals surface area contributed by atoms with E-state index in [9.17, 15) is 4.79 Å². The first-order valence-electron chi connectivity index (χ1n) is 4.88. The maximum Gasteiger partial charge on any atom is 0.332 e. The molecule has 82 valence electrons. The molecule has 1 aliphatic heterocycles. The molecular formula is C10H18O4. The Hall–Kier alpha value is -0.610. The summed E-state index contributed by atoms with van der Waals surface area (Å²) in [5.74, 6) is -0.315. The first-order chi connectivity index (χ1) is 6.47. The fourth-order valence-corrected chi connectivity index (χ4v) is 1.20. The van der Waals surface area contributed by atoms with E-state index < -0.39 is 5.60 Å².